The molecule has 0 atom stereocenters. The normalized spacial score (nSPS) is 16.0. The molecule has 8 heteroatoms. The second-order valence-corrected chi connectivity index (χ2v) is 5.45. The van der Waals surface area contributed by atoms with Crippen LogP contribution in [0.5, 0.6) is 0 Å². The molecule has 4 heterocycles. The zero-order valence-electron chi connectivity index (χ0n) is 12.8. The number of ether oxygens (including phenoxy) is 1. The van der Waals surface area contributed by atoms with Crippen LogP contribution in [0.25, 0.3) is 23.2 Å². The second-order valence-electron chi connectivity index (χ2n) is 5.45. The van der Waals surface area contributed by atoms with Crippen molar-refractivity contribution in [2.45, 2.75) is 6.54 Å². The largest absolute Gasteiger partial charge is 0.455 e. The van der Waals surface area contributed by atoms with E-state index in [0.717, 1.165) is 38.6 Å². The van der Waals surface area contributed by atoms with Crippen molar-refractivity contribution in [2.75, 3.05) is 26.3 Å². The summed E-state index contributed by atoms with van der Waals surface area (Å²) in [6, 6.07) is 5.63. The number of aryl methyl sites for hydroxylation is 1. The molecule has 120 valence electrons. The zero-order valence-corrected chi connectivity index (χ0v) is 12.8. The molecule has 0 spiro atoms. The van der Waals surface area contributed by atoms with Crippen molar-refractivity contribution in [2.24, 2.45) is 7.05 Å². The summed E-state index contributed by atoms with van der Waals surface area (Å²) in [4.78, 5) is 6.63. The second kappa shape index (κ2) is 5.98. The van der Waals surface area contributed by atoms with Crippen LogP contribution in [-0.4, -0.2) is 51.1 Å². The highest BCUT2D eigenvalue weighted by Gasteiger charge is 2.17. The van der Waals surface area contributed by atoms with Crippen LogP contribution in [0, 0.1) is 0 Å². The van der Waals surface area contributed by atoms with Crippen LogP contribution < -0.4 is 0 Å². The van der Waals surface area contributed by atoms with E-state index in [1.807, 2.05) is 31.4 Å². The lowest BCUT2D eigenvalue weighted by atomic mass is 10.3. The minimum atomic E-state index is 0.360. The molecule has 8 nitrogen and oxygen atoms in total. The van der Waals surface area contributed by atoms with Crippen molar-refractivity contribution in [3.05, 3.63) is 30.2 Å². The third-order valence-electron chi connectivity index (χ3n) is 3.72. The van der Waals surface area contributed by atoms with E-state index in [1.54, 1.807) is 4.68 Å². The SMILES string of the molecule is Cn1ccc(-c2noc(-c3ccc(CN4CCOCC4)o3)n2)n1. The zero-order chi connectivity index (χ0) is 15.6. The predicted octanol–water partition coefficient (Wildman–Crippen LogP) is 1.56. The maximum absolute atomic E-state index is 5.82. The predicted molar refractivity (Wildman–Crippen MR) is 80.3 cm³/mol. The number of hydrogen-bond donors (Lipinski definition) is 0. The highest BCUT2D eigenvalue weighted by atomic mass is 16.5. The van der Waals surface area contributed by atoms with Gasteiger partial charge < -0.3 is 13.7 Å². The summed E-state index contributed by atoms with van der Waals surface area (Å²) >= 11 is 0. The number of aromatic nitrogens is 4. The minimum absolute atomic E-state index is 0.360. The van der Waals surface area contributed by atoms with Gasteiger partial charge in [0.25, 0.3) is 5.89 Å². The monoisotopic (exact) mass is 315 g/mol. The Labute approximate surface area is 132 Å². The summed E-state index contributed by atoms with van der Waals surface area (Å²) < 4.78 is 18.1. The Morgan fingerprint density at radius 1 is 1.17 bits per heavy atom. The molecule has 0 aliphatic carbocycles. The molecular formula is C15H17N5O3. The first-order valence-electron chi connectivity index (χ1n) is 7.51. The highest BCUT2D eigenvalue weighted by Crippen LogP contribution is 2.24. The molecule has 0 unspecified atom stereocenters. The molecule has 0 N–H and O–H groups in total. The Morgan fingerprint density at radius 3 is 2.83 bits per heavy atom. The van der Waals surface area contributed by atoms with Gasteiger partial charge in [0.15, 0.2) is 5.76 Å². The molecule has 1 saturated heterocycles. The molecule has 4 rings (SSSR count). The summed E-state index contributed by atoms with van der Waals surface area (Å²) in [5, 5.41) is 8.21. The third kappa shape index (κ3) is 3.03. The first kappa shape index (κ1) is 14.2. The third-order valence-corrected chi connectivity index (χ3v) is 3.72. The molecule has 3 aromatic heterocycles. The quantitative estimate of drug-likeness (QED) is 0.722. The lowest BCUT2D eigenvalue weighted by Gasteiger charge is -2.25. The van der Waals surface area contributed by atoms with Crippen LogP contribution in [0.2, 0.25) is 0 Å². The molecule has 23 heavy (non-hydrogen) atoms. The van der Waals surface area contributed by atoms with E-state index in [9.17, 15) is 0 Å². The van der Waals surface area contributed by atoms with Crippen molar-refractivity contribution in [1.82, 2.24) is 24.8 Å². The van der Waals surface area contributed by atoms with Gasteiger partial charge in [-0.3, -0.25) is 9.58 Å². The summed E-state index contributed by atoms with van der Waals surface area (Å²) in [6.07, 6.45) is 1.83. The number of furan rings is 1. The average Bonchev–Trinajstić information content (AvgIpc) is 3.28. The van der Waals surface area contributed by atoms with Crippen molar-refractivity contribution in [3.63, 3.8) is 0 Å². The van der Waals surface area contributed by atoms with Gasteiger partial charge in [-0.1, -0.05) is 5.16 Å². The van der Waals surface area contributed by atoms with Gasteiger partial charge in [0, 0.05) is 26.3 Å². The van der Waals surface area contributed by atoms with E-state index in [2.05, 4.69) is 20.1 Å². The van der Waals surface area contributed by atoms with Gasteiger partial charge in [-0.2, -0.15) is 10.1 Å². The number of rotatable bonds is 4. The first-order chi connectivity index (χ1) is 11.3. The molecule has 0 saturated carbocycles. The molecule has 3 aromatic rings. The van der Waals surface area contributed by atoms with E-state index < -0.39 is 0 Å². The molecular weight excluding hydrogens is 298 g/mol. The number of morpholine rings is 1. The summed E-state index contributed by atoms with van der Waals surface area (Å²) in [5.41, 5.74) is 0.669. The van der Waals surface area contributed by atoms with Gasteiger partial charge in [0.1, 0.15) is 11.5 Å². The molecule has 0 bridgehead atoms. The fraction of sp³-hybridized carbons (Fsp3) is 0.400. The van der Waals surface area contributed by atoms with Crippen LogP contribution in [0.15, 0.2) is 33.3 Å². The van der Waals surface area contributed by atoms with Crippen molar-refractivity contribution >= 4 is 0 Å². The van der Waals surface area contributed by atoms with Crippen LogP contribution in [0.3, 0.4) is 0 Å². The van der Waals surface area contributed by atoms with Gasteiger partial charge in [-0.15, -0.1) is 0 Å². The fourth-order valence-corrected chi connectivity index (χ4v) is 2.52. The fourth-order valence-electron chi connectivity index (χ4n) is 2.52. The average molecular weight is 315 g/mol. The van der Waals surface area contributed by atoms with Crippen LogP contribution in [0.4, 0.5) is 0 Å². The van der Waals surface area contributed by atoms with Gasteiger partial charge in [0.2, 0.25) is 5.82 Å². The standard InChI is InChI=1S/C15H17N5O3/c1-19-5-4-12(17-19)14-16-15(23-18-14)13-3-2-11(22-13)10-20-6-8-21-9-7-20/h2-5H,6-10H2,1H3. The molecule has 1 aliphatic heterocycles. The van der Waals surface area contributed by atoms with Gasteiger partial charge in [-0.25, -0.2) is 0 Å². The summed E-state index contributed by atoms with van der Waals surface area (Å²) in [7, 11) is 1.84. The lowest BCUT2D eigenvalue weighted by molar-refractivity contribution is 0.0314. The Balaban J connectivity index is 1.49. The van der Waals surface area contributed by atoms with Crippen LogP contribution in [-0.2, 0) is 18.3 Å². The van der Waals surface area contributed by atoms with Crippen molar-refractivity contribution < 1.29 is 13.7 Å². The van der Waals surface area contributed by atoms with Crippen LogP contribution >= 0.6 is 0 Å². The van der Waals surface area contributed by atoms with E-state index in [-0.39, 0.29) is 0 Å². The summed E-state index contributed by atoms with van der Waals surface area (Å²) in [6.45, 7) is 4.13. The Kier molecular flexibility index (Phi) is 3.68. The Morgan fingerprint density at radius 2 is 2.04 bits per heavy atom. The lowest BCUT2D eigenvalue weighted by Crippen LogP contribution is -2.35. The Bertz CT molecular complexity index is 784. The van der Waals surface area contributed by atoms with Gasteiger partial charge in [0.05, 0.1) is 19.8 Å². The topological polar surface area (TPSA) is 82.4 Å². The molecule has 0 aromatic carbocycles. The van der Waals surface area contributed by atoms with E-state index in [4.69, 9.17) is 13.7 Å². The summed E-state index contributed by atoms with van der Waals surface area (Å²) in [5.74, 6) is 2.26. The molecule has 0 amide bonds. The smallest absolute Gasteiger partial charge is 0.293 e. The van der Waals surface area contributed by atoms with Gasteiger partial charge in [-0.05, 0) is 18.2 Å². The molecule has 1 fully saturated rings. The molecule has 0 radical (unpaired) electrons. The number of hydrogen-bond acceptors (Lipinski definition) is 7. The molecule has 1 aliphatic rings. The van der Waals surface area contributed by atoms with E-state index in [0.29, 0.717) is 23.2 Å². The van der Waals surface area contributed by atoms with Crippen LogP contribution in [0.1, 0.15) is 5.76 Å². The van der Waals surface area contributed by atoms with Gasteiger partial charge >= 0.3 is 0 Å². The maximum atomic E-state index is 5.82. The minimum Gasteiger partial charge on any atom is -0.455 e. The highest BCUT2D eigenvalue weighted by molar-refractivity contribution is 5.52. The Hall–Kier alpha value is -2.45. The number of nitrogens with zero attached hydrogens (tertiary/aromatic N) is 5. The maximum Gasteiger partial charge on any atom is 0.293 e. The van der Waals surface area contributed by atoms with E-state index >= 15 is 0 Å². The van der Waals surface area contributed by atoms with Crippen molar-refractivity contribution in [3.8, 4) is 23.2 Å². The van der Waals surface area contributed by atoms with E-state index in [1.165, 1.54) is 0 Å². The van der Waals surface area contributed by atoms with Crippen molar-refractivity contribution in [1.29, 1.82) is 0 Å². The first-order valence-corrected chi connectivity index (χ1v) is 7.51.